The molecule has 8 heteroatoms. The van der Waals surface area contributed by atoms with E-state index in [-0.39, 0.29) is 22.8 Å². The first kappa shape index (κ1) is 19.0. The van der Waals surface area contributed by atoms with Crippen LogP contribution in [0.25, 0.3) is 22.1 Å². The van der Waals surface area contributed by atoms with E-state index in [2.05, 4.69) is 0 Å². The van der Waals surface area contributed by atoms with Crippen LogP contribution in [0.2, 0.25) is 5.02 Å². The molecule has 2 aromatic carbocycles. The topological polar surface area (TPSA) is 50.5 Å². The van der Waals surface area contributed by atoms with Gasteiger partial charge < -0.3 is 9.32 Å². The highest BCUT2D eigenvalue weighted by molar-refractivity contribution is 6.33. The van der Waals surface area contributed by atoms with Crippen molar-refractivity contribution in [3.63, 3.8) is 0 Å². The lowest BCUT2D eigenvalue weighted by Crippen LogP contribution is -2.41. The number of benzene rings is 2. The van der Waals surface area contributed by atoms with Crippen molar-refractivity contribution in [3.8, 4) is 11.1 Å². The molecule has 0 saturated carbocycles. The fourth-order valence-corrected chi connectivity index (χ4v) is 3.01. The molecule has 140 valence electrons. The van der Waals surface area contributed by atoms with Gasteiger partial charge in [0.05, 0.1) is 10.6 Å². The Morgan fingerprint density at radius 1 is 1.11 bits per heavy atom. The van der Waals surface area contributed by atoms with Crippen LogP contribution in [0.1, 0.15) is 6.92 Å². The quantitative estimate of drug-likeness (QED) is 0.584. The number of hydrogen-bond acceptors (Lipinski definition) is 3. The average molecular weight is 396 g/mol. The molecule has 0 fully saturated rings. The summed E-state index contributed by atoms with van der Waals surface area (Å²) in [6.07, 6.45) is -5.00. The largest absolute Gasteiger partial charge is 0.471 e. The van der Waals surface area contributed by atoms with Crippen LogP contribution in [-0.2, 0) is 4.79 Å². The maximum Gasteiger partial charge on any atom is 0.471 e. The van der Waals surface area contributed by atoms with Gasteiger partial charge in [-0.2, -0.15) is 13.2 Å². The molecule has 3 aromatic rings. The van der Waals surface area contributed by atoms with Gasteiger partial charge in [-0.1, -0.05) is 35.9 Å². The highest BCUT2D eigenvalue weighted by atomic mass is 35.5. The molecule has 1 aromatic heterocycles. The van der Waals surface area contributed by atoms with Gasteiger partial charge in [-0.3, -0.25) is 4.79 Å². The molecule has 0 atom stereocenters. The normalized spacial score (nSPS) is 11.6. The smallest absolute Gasteiger partial charge is 0.422 e. The van der Waals surface area contributed by atoms with Gasteiger partial charge in [-0.25, -0.2) is 4.79 Å². The molecule has 1 amide bonds. The van der Waals surface area contributed by atoms with Crippen LogP contribution >= 0.6 is 11.6 Å². The highest BCUT2D eigenvalue weighted by Gasteiger charge is 2.42. The molecule has 0 N–H and O–H groups in total. The minimum atomic E-state index is -5.00. The molecule has 0 bridgehead atoms. The number of para-hydroxylation sites is 1. The molecular formula is C19H13ClF3NO3. The lowest BCUT2D eigenvalue weighted by molar-refractivity contribution is -0.170. The van der Waals surface area contributed by atoms with Gasteiger partial charge in [0.2, 0.25) is 0 Å². The molecule has 4 nitrogen and oxygen atoms in total. The van der Waals surface area contributed by atoms with Gasteiger partial charge in [0, 0.05) is 23.2 Å². The van der Waals surface area contributed by atoms with E-state index >= 15 is 0 Å². The van der Waals surface area contributed by atoms with Crippen LogP contribution in [-0.4, -0.2) is 18.6 Å². The fraction of sp³-hybridized carbons (Fsp3) is 0.158. The average Bonchev–Trinajstić information content (AvgIpc) is 2.61. The van der Waals surface area contributed by atoms with Crippen molar-refractivity contribution in [1.29, 1.82) is 0 Å². The van der Waals surface area contributed by atoms with Gasteiger partial charge in [0.15, 0.2) is 0 Å². The Hall–Kier alpha value is -2.80. The number of hydrogen-bond donors (Lipinski definition) is 0. The van der Waals surface area contributed by atoms with Gasteiger partial charge in [0.1, 0.15) is 5.58 Å². The summed E-state index contributed by atoms with van der Waals surface area (Å²) in [6.45, 7) is 1.23. The molecule has 0 saturated heterocycles. The van der Waals surface area contributed by atoms with E-state index in [4.69, 9.17) is 16.0 Å². The number of anilines is 1. The summed E-state index contributed by atoms with van der Waals surface area (Å²) in [5.74, 6) is -1.99. The molecule has 0 unspecified atom stereocenters. The summed E-state index contributed by atoms with van der Waals surface area (Å²) in [4.78, 5) is 24.4. The molecule has 0 radical (unpaired) electrons. The maximum absolute atomic E-state index is 12.7. The number of alkyl halides is 3. The lowest BCUT2D eigenvalue weighted by atomic mass is 10.0. The summed E-state index contributed by atoms with van der Waals surface area (Å²) in [6, 6.07) is 12.4. The van der Waals surface area contributed by atoms with Crippen LogP contribution in [0.15, 0.2) is 57.7 Å². The van der Waals surface area contributed by atoms with Crippen molar-refractivity contribution in [2.24, 2.45) is 0 Å². The van der Waals surface area contributed by atoms with E-state index < -0.39 is 17.7 Å². The van der Waals surface area contributed by atoms with Crippen LogP contribution in [0.5, 0.6) is 0 Å². The Morgan fingerprint density at radius 2 is 1.81 bits per heavy atom. The first-order valence-electron chi connectivity index (χ1n) is 7.94. The predicted molar refractivity (Wildman–Crippen MR) is 97.0 cm³/mol. The third-order valence-electron chi connectivity index (χ3n) is 4.00. The number of rotatable bonds is 3. The molecular weight excluding hydrogens is 383 g/mol. The zero-order chi connectivity index (χ0) is 19.8. The van der Waals surface area contributed by atoms with Crippen molar-refractivity contribution >= 4 is 34.2 Å². The van der Waals surface area contributed by atoms with Crippen molar-refractivity contribution in [2.45, 2.75) is 13.1 Å². The van der Waals surface area contributed by atoms with Gasteiger partial charge in [-0.05, 0) is 31.2 Å². The Kier molecular flexibility index (Phi) is 4.97. The number of nitrogens with zero attached hydrogens (tertiary/aromatic N) is 1. The lowest BCUT2D eigenvalue weighted by Gasteiger charge is -2.22. The van der Waals surface area contributed by atoms with Crippen LogP contribution in [0.4, 0.5) is 18.9 Å². The molecule has 0 aliphatic rings. The van der Waals surface area contributed by atoms with Crippen molar-refractivity contribution < 1.29 is 22.4 Å². The summed E-state index contributed by atoms with van der Waals surface area (Å²) >= 11 is 6.21. The summed E-state index contributed by atoms with van der Waals surface area (Å²) < 4.78 is 43.5. The molecule has 0 spiro atoms. The standard InChI is InChI=1S/C19H13ClF3NO3/c1-2-24(18(26)19(21,22)23)12-7-8-13(15(20)10-12)14-9-11-5-3-4-6-16(11)27-17(14)25/h3-10H,2H2,1H3. The second kappa shape index (κ2) is 7.08. The van der Waals surface area contributed by atoms with Gasteiger partial charge in [0.25, 0.3) is 0 Å². The molecule has 0 aliphatic heterocycles. The number of fused-ring (bicyclic) bond motifs is 1. The number of carbonyl (C=O) groups is 1. The summed E-state index contributed by atoms with van der Waals surface area (Å²) in [5, 5.41) is 0.707. The highest BCUT2D eigenvalue weighted by Crippen LogP contribution is 2.32. The molecule has 0 aliphatic carbocycles. The van der Waals surface area contributed by atoms with E-state index in [0.29, 0.717) is 21.4 Å². The number of halogens is 4. The molecule has 27 heavy (non-hydrogen) atoms. The van der Waals surface area contributed by atoms with Crippen LogP contribution < -0.4 is 10.5 Å². The minimum Gasteiger partial charge on any atom is -0.422 e. The van der Waals surface area contributed by atoms with E-state index in [9.17, 15) is 22.8 Å². The van der Waals surface area contributed by atoms with E-state index in [0.717, 1.165) is 0 Å². The van der Waals surface area contributed by atoms with Crippen LogP contribution in [0, 0.1) is 0 Å². The SMILES string of the molecule is CCN(C(=O)C(F)(F)F)c1ccc(-c2cc3ccccc3oc2=O)c(Cl)c1. The van der Waals surface area contributed by atoms with Gasteiger partial charge in [-0.15, -0.1) is 0 Å². The van der Waals surface area contributed by atoms with Crippen molar-refractivity contribution in [1.82, 2.24) is 0 Å². The second-order valence-corrected chi connectivity index (χ2v) is 6.10. The van der Waals surface area contributed by atoms with Crippen molar-refractivity contribution in [3.05, 3.63) is 64.0 Å². The van der Waals surface area contributed by atoms with Gasteiger partial charge >= 0.3 is 17.7 Å². The van der Waals surface area contributed by atoms with Crippen LogP contribution in [0.3, 0.4) is 0 Å². The summed E-state index contributed by atoms with van der Waals surface area (Å²) in [5.41, 5.74) is 0.249. The van der Waals surface area contributed by atoms with E-state index in [1.807, 2.05) is 0 Å². The second-order valence-electron chi connectivity index (χ2n) is 5.70. The zero-order valence-corrected chi connectivity index (χ0v) is 14.8. The third kappa shape index (κ3) is 3.68. The Bertz CT molecular complexity index is 1080. The molecule has 1 heterocycles. The van der Waals surface area contributed by atoms with E-state index in [1.54, 1.807) is 30.3 Å². The first-order valence-corrected chi connectivity index (χ1v) is 8.31. The monoisotopic (exact) mass is 395 g/mol. The Balaban J connectivity index is 2.06. The van der Waals surface area contributed by atoms with E-state index in [1.165, 1.54) is 25.1 Å². The minimum absolute atomic E-state index is 0.0150. The zero-order valence-electron chi connectivity index (χ0n) is 14.0. The predicted octanol–water partition coefficient (Wildman–Crippen LogP) is 5.03. The fourth-order valence-electron chi connectivity index (χ4n) is 2.74. The summed E-state index contributed by atoms with van der Waals surface area (Å²) in [7, 11) is 0. The maximum atomic E-state index is 12.7. The number of carbonyl (C=O) groups excluding carboxylic acids is 1. The third-order valence-corrected chi connectivity index (χ3v) is 4.31. The first-order chi connectivity index (χ1) is 12.7. The Labute approximate surface area is 156 Å². The Morgan fingerprint density at radius 3 is 2.44 bits per heavy atom. The van der Waals surface area contributed by atoms with Crippen molar-refractivity contribution in [2.75, 3.05) is 11.4 Å². The number of amides is 1. The molecule has 3 rings (SSSR count).